The molecule has 1 heterocycles. The van der Waals surface area contributed by atoms with Gasteiger partial charge in [0.2, 0.25) is 5.91 Å². The summed E-state index contributed by atoms with van der Waals surface area (Å²) in [5.41, 5.74) is 0.446. The third kappa shape index (κ3) is 4.20. The van der Waals surface area contributed by atoms with E-state index in [4.69, 9.17) is 0 Å². The van der Waals surface area contributed by atoms with E-state index in [0.717, 1.165) is 24.7 Å². The van der Waals surface area contributed by atoms with Gasteiger partial charge in [-0.05, 0) is 37.6 Å². The highest BCUT2D eigenvalue weighted by Crippen LogP contribution is 2.38. The third-order valence-electron chi connectivity index (χ3n) is 5.13. The van der Waals surface area contributed by atoms with Gasteiger partial charge in [-0.15, -0.1) is 0 Å². The molecule has 2 rings (SSSR count). The lowest BCUT2D eigenvalue weighted by Crippen LogP contribution is -2.47. The van der Waals surface area contributed by atoms with Gasteiger partial charge in [-0.3, -0.25) is 4.79 Å². The van der Waals surface area contributed by atoms with Gasteiger partial charge in [-0.1, -0.05) is 41.6 Å². The second-order valence-corrected chi connectivity index (χ2v) is 7.30. The fourth-order valence-corrected chi connectivity index (χ4v) is 4.64. The summed E-state index contributed by atoms with van der Waals surface area (Å²) in [6.45, 7) is 3.29. The Morgan fingerprint density at radius 3 is 2.55 bits per heavy atom. The number of hydrogen-bond donors (Lipinski definition) is 1. The Morgan fingerprint density at radius 1 is 1.25 bits per heavy atom. The van der Waals surface area contributed by atoms with Crippen LogP contribution < -0.4 is 5.32 Å². The molecule has 1 saturated carbocycles. The van der Waals surface area contributed by atoms with Gasteiger partial charge in [-0.2, -0.15) is 0 Å². The summed E-state index contributed by atoms with van der Waals surface area (Å²) in [6, 6.07) is 0. The van der Waals surface area contributed by atoms with Crippen LogP contribution >= 0.6 is 15.9 Å². The first-order valence-electron chi connectivity index (χ1n) is 8.19. The summed E-state index contributed by atoms with van der Waals surface area (Å²) in [4.78, 5) is 14.4. The average Bonchev–Trinajstić information content (AvgIpc) is 2.73. The van der Waals surface area contributed by atoms with Crippen molar-refractivity contribution in [2.24, 2.45) is 11.3 Å². The summed E-state index contributed by atoms with van der Waals surface area (Å²) < 4.78 is 0. The smallest absolute Gasteiger partial charge is 0.224 e. The van der Waals surface area contributed by atoms with Crippen LogP contribution in [0.4, 0.5) is 0 Å². The minimum Gasteiger partial charge on any atom is -0.359 e. The predicted octanol–water partition coefficient (Wildman–Crippen LogP) is 3.18. The maximum absolute atomic E-state index is 11.9. The topological polar surface area (TPSA) is 32.3 Å². The highest BCUT2D eigenvalue weighted by atomic mass is 79.9. The lowest BCUT2D eigenvalue weighted by atomic mass is 9.81. The molecule has 2 aliphatic rings. The lowest BCUT2D eigenvalue weighted by Gasteiger charge is -2.40. The van der Waals surface area contributed by atoms with E-state index in [9.17, 15) is 4.79 Å². The SMILES string of the molecule is CNC(=O)C1CCCN(CC2(CBr)CCCCCC2)C1. The maximum atomic E-state index is 11.9. The van der Waals surface area contributed by atoms with Crippen molar-refractivity contribution in [3.63, 3.8) is 0 Å². The molecule has 1 amide bonds. The first-order chi connectivity index (χ1) is 9.69. The Hall–Kier alpha value is -0.0900. The van der Waals surface area contributed by atoms with Crippen molar-refractivity contribution in [2.75, 3.05) is 32.0 Å². The summed E-state index contributed by atoms with van der Waals surface area (Å²) in [6.07, 6.45) is 10.5. The number of rotatable bonds is 4. The zero-order chi connectivity index (χ0) is 14.4. The molecule has 1 aliphatic carbocycles. The molecule has 1 aliphatic heterocycles. The van der Waals surface area contributed by atoms with Gasteiger partial charge < -0.3 is 10.2 Å². The van der Waals surface area contributed by atoms with E-state index in [1.54, 1.807) is 7.05 Å². The Bertz CT molecular complexity index is 314. The van der Waals surface area contributed by atoms with E-state index in [2.05, 4.69) is 26.1 Å². The molecule has 1 atom stereocenters. The molecule has 3 nitrogen and oxygen atoms in total. The van der Waals surface area contributed by atoms with E-state index < -0.39 is 0 Å². The van der Waals surface area contributed by atoms with Crippen molar-refractivity contribution in [1.29, 1.82) is 0 Å². The summed E-state index contributed by atoms with van der Waals surface area (Å²) in [7, 11) is 1.76. The van der Waals surface area contributed by atoms with Crippen molar-refractivity contribution < 1.29 is 4.79 Å². The number of nitrogens with one attached hydrogen (secondary N) is 1. The van der Waals surface area contributed by atoms with Crippen LogP contribution in [-0.2, 0) is 4.79 Å². The van der Waals surface area contributed by atoms with Crippen LogP contribution in [0.25, 0.3) is 0 Å². The number of halogens is 1. The summed E-state index contributed by atoms with van der Waals surface area (Å²) in [5, 5.41) is 3.93. The largest absolute Gasteiger partial charge is 0.359 e. The first kappa shape index (κ1) is 16.3. The van der Waals surface area contributed by atoms with Crippen LogP contribution in [0.2, 0.25) is 0 Å². The molecule has 0 aromatic carbocycles. The number of piperidine rings is 1. The fourth-order valence-electron chi connectivity index (χ4n) is 3.90. The molecule has 4 heteroatoms. The molecular formula is C16H29BrN2O. The second kappa shape index (κ2) is 7.79. The molecule has 1 unspecified atom stereocenters. The monoisotopic (exact) mass is 344 g/mol. The molecule has 0 radical (unpaired) electrons. The van der Waals surface area contributed by atoms with Gasteiger partial charge in [0.15, 0.2) is 0 Å². The minimum atomic E-state index is 0.201. The lowest BCUT2D eigenvalue weighted by molar-refractivity contribution is -0.126. The molecule has 116 valence electrons. The van der Waals surface area contributed by atoms with Crippen molar-refractivity contribution in [3.8, 4) is 0 Å². The maximum Gasteiger partial charge on any atom is 0.224 e. The summed E-state index contributed by atoms with van der Waals surface area (Å²) in [5.74, 6) is 0.426. The van der Waals surface area contributed by atoms with Crippen LogP contribution in [0.1, 0.15) is 51.4 Å². The minimum absolute atomic E-state index is 0.201. The molecule has 0 aromatic rings. The van der Waals surface area contributed by atoms with Gasteiger partial charge in [0.05, 0.1) is 5.92 Å². The molecule has 0 spiro atoms. The molecule has 2 fully saturated rings. The van der Waals surface area contributed by atoms with Crippen LogP contribution in [0.5, 0.6) is 0 Å². The van der Waals surface area contributed by atoms with E-state index in [1.807, 2.05) is 0 Å². The van der Waals surface area contributed by atoms with Gasteiger partial charge in [-0.25, -0.2) is 0 Å². The number of carbonyl (C=O) groups excluding carboxylic acids is 1. The van der Waals surface area contributed by atoms with Crippen molar-refractivity contribution in [1.82, 2.24) is 10.2 Å². The number of alkyl halides is 1. The van der Waals surface area contributed by atoms with Crippen LogP contribution in [0.3, 0.4) is 0 Å². The fraction of sp³-hybridized carbons (Fsp3) is 0.938. The van der Waals surface area contributed by atoms with Crippen LogP contribution in [-0.4, -0.2) is 42.8 Å². The van der Waals surface area contributed by atoms with Crippen molar-refractivity contribution in [3.05, 3.63) is 0 Å². The highest BCUT2D eigenvalue weighted by molar-refractivity contribution is 9.09. The molecule has 0 aromatic heterocycles. The predicted molar refractivity (Wildman–Crippen MR) is 87.2 cm³/mol. The molecule has 1 N–H and O–H groups in total. The van der Waals surface area contributed by atoms with Crippen LogP contribution in [0, 0.1) is 11.3 Å². The van der Waals surface area contributed by atoms with Gasteiger partial charge >= 0.3 is 0 Å². The average molecular weight is 345 g/mol. The number of carbonyl (C=O) groups is 1. The standard InChI is InChI=1S/C16H29BrN2O/c1-18-15(20)14-7-6-10-19(11-14)13-16(12-17)8-4-2-3-5-9-16/h14H,2-13H2,1H3,(H,18,20). The highest BCUT2D eigenvalue weighted by Gasteiger charge is 2.34. The number of amides is 1. The third-order valence-corrected chi connectivity index (χ3v) is 6.32. The normalized spacial score (nSPS) is 27.8. The zero-order valence-corrected chi connectivity index (χ0v) is 14.4. The van der Waals surface area contributed by atoms with Crippen molar-refractivity contribution in [2.45, 2.75) is 51.4 Å². The van der Waals surface area contributed by atoms with Crippen LogP contribution in [0.15, 0.2) is 0 Å². The number of nitrogens with zero attached hydrogens (tertiary/aromatic N) is 1. The summed E-state index contributed by atoms with van der Waals surface area (Å²) >= 11 is 3.78. The Labute approximate surface area is 132 Å². The van der Waals surface area contributed by atoms with E-state index in [0.29, 0.717) is 5.41 Å². The van der Waals surface area contributed by atoms with E-state index in [1.165, 1.54) is 51.6 Å². The van der Waals surface area contributed by atoms with Crippen molar-refractivity contribution >= 4 is 21.8 Å². The Balaban J connectivity index is 1.94. The zero-order valence-electron chi connectivity index (χ0n) is 12.8. The quantitative estimate of drug-likeness (QED) is 0.627. The molecule has 20 heavy (non-hydrogen) atoms. The van der Waals surface area contributed by atoms with Gasteiger partial charge in [0.1, 0.15) is 0 Å². The second-order valence-electron chi connectivity index (χ2n) is 6.74. The Morgan fingerprint density at radius 2 is 1.95 bits per heavy atom. The number of hydrogen-bond acceptors (Lipinski definition) is 2. The molecule has 0 bridgehead atoms. The van der Waals surface area contributed by atoms with Gasteiger partial charge in [0.25, 0.3) is 0 Å². The Kier molecular flexibility index (Phi) is 6.34. The molecule has 1 saturated heterocycles. The van der Waals surface area contributed by atoms with E-state index in [-0.39, 0.29) is 11.8 Å². The van der Waals surface area contributed by atoms with E-state index >= 15 is 0 Å². The molecular weight excluding hydrogens is 316 g/mol. The first-order valence-corrected chi connectivity index (χ1v) is 9.31. The van der Waals surface area contributed by atoms with Gasteiger partial charge in [0, 0.05) is 25.5 Å². The number of likely N-dealkylation sites (tertiary alicyclic amines) is 1.